The number of nitrogens with one attached hydrogen (secondary N) is 2. The average Bonchev–Trinajstić information content (AvgIpc) is 2.72. The second kappa shape index (κ2) is 5.57. The van der Waals surface area contributed by atoms with Crippen LogP contribution in [0.1, 0.15) is 46.5 Å². The molecular formula is C14H27N3O. The summed E-state index contributed by atoms with van der Waals surface area (Å²) < 4.78 is 0. The zero-order chi connectivity index (χ0) is 13.2. The van der Waals surface area contributed by atoms with E-state index in [2.05, 4.69) is 36.3 Å². The maximum Gasteiger partial charge on any atom is 0.234 e. The van der Waals surface area contributed by atoms with Crippen LogP contribution in [0.2, 0.25) is 0 Å². The van der Waals surface area contributed by atoms with Gasteiger partial charge in [0.15, 0.2) is 0 Å². The molecule has 2 heterocycles. The number of hydrogen-bond acceptors (Lipinski definition) is 3. The number of hydrogen-bond donors (Lipinski definition) is 2. The van der Waals surface area contributed by atoms with E-state index in [1.165, 1.54) is 19.4 Å². The quantitative estimate of drug-likeness (QED) is 0.792. The minimum absolute atomic E-state index is 0.00611. The predicted octanol–water partition coefficient (Wildman–Crippen LogP) is 1.12. The van der Waals surface area contributed by atoms with Crippen LogP contribution >= 0.6 is 0 Å². The fraction of sp³-hybridized carbons (Fsp3) is 0.929. The lowest BCUT2D eigenvalue weighted by molar-refractivity contribution is -0.121. The van der Waals surface area contributed by atoms with Crippen molar-refractivity contribution < 1.29 is 4.79 Å². The zero-order valence-corrected chi connectivity index (χ0v) is 12.0. The molecule has 18 heavy (non-hydrogen) atoms. The van der Waals surface area contributed by atoms with Crippen LogP contribution in [0.3, 0.4) is 0 Å². The van der Waals surface area contributed by atoms with E-state index in [0.717, 1.165) is 25.4 Å². The number of nitrogens with zero attached hydrogens (tertiary/aromatic N) is 1. The maximum absolute atomic E-state index is 11.9. The van der Waals surface area contributed by atoms with E-state index in [-0.39, 0.29) is 11.4 Å². The highest BCUT2D eigenvalue weighted by molar-refractivity contribution is 5.78. The smallest absolute Gasteiger partial charge is 0.234 e. The SMILES string of the molecule is CC(C)(C)NCC(=O)NC1CCN2CCCC2C1. The summed E-state index contributed by atoms with van der Waals surface area (Å²) in [5, 5.41) is 6.41. The van der Waals surface area contributed by atoms with E-state index >= 15 is 0 Å². The Bertz CT molecular complexity index is 298. The second-order valence-electron chi connectivity index (χ2n) is 6.72. The Morgan fingerprint density at radius 1 is 1.28 bits per heavy atom. The molecule has 0 aromatic rings. The molecule has 2 rings (SSSR count). The molecule has 0 radical (unpaired) electrons. The van der Waals surface area contributed by atoms with Gasteiger partial charge in [0.25, 0.3) is 0 Å². The fourth-order valence-electron chi connectivity index (χ4n) is 2.98. The first-order chi connectivity index (χ1) is 8.44. The molecule has 2 aliphatic heterocycles. The Balaban J connectivity index is 1.71. The van der Waals surface area contributed by atoms with Gasteiger partial charge in [0, 0.05) is 24.2 Å². The van der Waals surface area contributed by atoms with Gasteiger partial charge in [0.2, 0.25) is 5.91 Å². The van der Waals surface area contributed by atoms with Gasteiger partial charge in [0.1, 0.15) is 0 Å². The van der Waals surface area contributed by atoms with Gasteiger partial charge in [-0.15, -0.1) is 0 Å². The Kier molecular flexibility index (Phi) is 4.28. The van der Waals surface area contributed by atoms with Crippen LogP contribution in [-0.2, 0) is 4.79 Å². The molecule has 2 saturated heterocycles. The molecular weight excluding hydrogens is 226 g/mol. The Labute approximate surface area is 110 Å². The third-order valence-corrected chi connectivity index (χ3v) is 3.96. The van der Waals surface area contributed by atoms with Crippen molar-refractivity contribution in [2.75, 3.05) is 19.6 Å². The molecule has 2 N–H and O–H groups in total. The molecule has 2 fully saturated rings. The Morgan fingerprint density at radius 3 is 2.78 bits per heavy atom. The first kappa shape index (κ1) is 13.8. The maximum atomic E-state index is 11.9. The summed E-state index contributed by atoms with van der Waals surface area (Å²) in [6.07, 6.45) is 4.89. The number of carbonyl (C=O) groups is 1. The molecule has 104 valence electrons. The van der Waals surface area contributed by atoms with E-state index in [1.807, 2.05) is 0 Å². The van der Waals surface area contributed by atoms with E-state index in [4.69, 9.17) is 0 Å². The van der Waals surface area contributed by atoms with Crippen molar-refractivity contribution in [2.24, 2.45) is 0 Å². The standard InChI is InChI=1S/C14H27N3O/c1-14(2,3)15-10-13(18)16-11-6-8-17-7-4-5-12(17)9-11/h11-12,15H,4-10H2,1-3H3,(H,16,18). The first-order valence-electron chi connectivity index (χ1n) is 7.22. The highest BCUT2D eigenvalue weighted by Crippen LogP contribution is 2.26. The summed E-state index contributed by atoms with van der Waals surface area (Å²) in [4.78, 5) is 14.4. The predicted molar refractivity (Wildman–Crippen MR) is 73.5 cm³/mol. The van der Waals surface area contributed by atoms with E-state index in [1.54, 1.807) is 0 Å². The molecule has 2 unspecified atom stereocenters. The van der Waals surface area contributed by atoms with Gasteiger partial charge in [0.05, 0.1) is 6.54 Å². The van der Waals surface area contributed by atoms with Gasteiger partial charge < -0.3 is 15.5 Å². The minimum atomic E-state index is 0.00611. The molecule has 4 nitrogen and oxygen atoms in total. The molecule has 0 spiro atoms. The van der Waals surface area contributed by atoms with Crippen LogP contribution in [-0.4, -0.2) is 48.1 Å². The zero-order valence-electron chi connectivity index (χ0n) is 12.0. The largest absolute Gasteiger partial charge is 0.352 e. The van der Waals surface area contributed by atoms with Gasteiger partial charge in [-0.25, -0.2) is 0 Å². The monoisotopic (exact) mass is 253 g/mol. The third-order valence-electron chi connectivity index (χ3n) is 3.96. The van der Waals surface area contributed by atoms with E-state index in [0.29, 0.717) is 12.6 Å². The molecule has 2 aliphatic rings. The number of rotatable bonds is 3. The van der Waals surface area contributed by atoms with Crippen molar-refractivity contribution in [3.05, 3.63) is 0 Å². The molecule has 1 amide bonds. The first-order valence-corrected chi connectivity index (χ1v) is 7.22. The van der Waals surface area contributed by atoms with Crippen LogP contribution < -0.4 is 10.6 Å². The number of piperidine rings is 1. The van der Waals surface area contributed by atoms with E-state index < -0.39 is 0 Å². The highest BCUT2D eigenvalue weighted by Gasteiger charge is 2.32. The fourth-order valence-corrected chi connectivity index (χ4v) is 2.98. The van der Waals surface area contributed by atoms with Crippen molar-refractivity contribution in [1.29, 1.82) is 0 Å². The lowest BCUT2D eigenvalue weighted by atomic mass is 9.97. The van der Waals surface area contributed by atoms with Crippen molar-refractivity contribution in [2.45, 2.75) is 64.1 Å². The summed E-state index contributed by atoms with van der Waals surface area (Å²) in [6, 6.07) is 1.11. The molecule has 0 aromatic heterocycles. The van der Waals surface area contributed by atoms with Gasteiger partial charge in [-0.05, 0) is 53.0 Å². The van der Waals surface area contributed by atoms with Crippen molar-refractivity contribution in [1.82, 2.24) is 15.5 Å². The number of amides is 1. The molecule has 4 heteroatoms. The minimum Gasteiger partial charge on any atom is -0.352 e. The van der Waals surface area contributed by atoms with E-state index in [9.17, 15) is 4.79 Å². The summed E-state index contributed by atoms with van der Waals surface area (Å²) in [6.45, 7) is 9.08. The number of carbonyl (C=O) groups excluding carboxylic acids is 1. The molecule has 0 aromatic carbocycles. The average molecular weight is 253 g/mol. The van der Waals surface area contributed by atoms with Crippen LogP contribution in [0.15, 0.2) is 0 Å². The van der Waals surface area contributed by atoms with Crippen molar-refractivity contribution in [3.63, 3.8) is 0 Å². The molecule has 0 bridgehead atoms. The summed E-state index contributed by atoms with van der Waals surface area (Å²) in [7, 11) is 0. The van der Waals surface area contributed by atoms with Crippen LogP contribution in [0, 0.1) is 0 Å². The van der Waals surface area contributed by atoms with Gasteiger partial charge in [-0.2, -0.15) is 0 Å². The van der Waals surface area contributed by atoms with Gasteiger partial charge in [-0.3, -0.25) is 4.79 Å². The topological polar surface area (TPSA) is 44.4 Å². The van der Waals surface area contributed by atoms with Crippen LogP contribution in [0.25, 0.3) is 0 Å². The van der Waals surface area contributed by atoms with Crippen LogP contribution in [0.4, 0.5) is 0 Å². The summed E-state index contributed by atoms with van der Waals surface area (Å²) in [5.41, 5.74) is 0.00611. The molecule has 0 saturated carbocycles. The summed E-state index contributed by atoms with van der Waals surface area (Å²) in [5.74, 6) is 0.140. The van der Waals surface area contributed by atoms with Gasteiger partial charge in [-0.1, -0.05) is 0 Å². The Morgan fingerprint density at radius 2 is 2.06 bits per heavy atom. The Hall–Kier alpha value is -0.610. The second-order valence-corrected chi connectivity index (χ2v) is 6.72. The normalized spacial score (nSPS) is 29.1. The number of fused-ring (bicyclic) bond motifs is 1. The molecule has 0 aliphatic carbocycles. The third kappa shape index (κ3) is 3.95. The van der Waals surface area contributed by atoms with Crippen LogP contribution in [0.5, 0.6) is 0 Å². The molecule has 2 atom stereocenters. The summed E-state index contributed by atoms with van der Waals surface area (Å²) >= 11 is 0. The van der Waals surface area contributed by atoms with Crippen molar-refractivity contribution >= 4 is 5.91 Å². The highest BCUT2D eigenvalue weighted by atomic mass is 16.2. The van der Waals surface area contributed by atoms with Gasteiger partial charge >= 0.3 is 0 Å². The lowest BCUT2D eigenvalue weighted by Crippen LogP contribution is -2.50. The van der Waals surface area contributed by atoms with Crippen molar-refractivity contribution in [3.8, 4) is 0 Å². The lowest BCUT2D eigenvalue weighted by Gasteiger charge is -2.35.